The summed E-state index contributed by atoms with van der Waals surface area (Å²) < 4.78 is 19.3. The van der Waals surface area contributed by atoms with E-state index in [0.717, 1.165) is 16.7 Å². The Labute approximate surface area is 255 Å². The second-order valence-electron chi connectivity index (χ2n) is 10.8. The van der Waals surface area contributed by atoms with Crippen molar-refractivity contribution in [1.29, 1.82) is 0 Å². The van der Waals surface area contributed by atoms with Gasteiger partial charge in [-0.15, -0.1) is 0 Å². The van der Waals surface area contributed by atoms with Crippen molar-refractivity contribution in [1.82, 2.24) is 4.57 Å². The molecule has 0 unspecified atom stereocenters. The van der Waals surface area contributed by atoms with Gasteiger partial charge in [0.05, 0.1) is 41.7 Å². The number of esters is 1. The highest BCUT2D eigenvalue weighted by atomic mass is 32.1. The van der Waals surface area contributed by atoms with Crippen LogP contribution in [0.25, 0.3) is 11.8 Å². The van der Waals surface area contributed by atoms with E-state index in [1.165, 1.54) is 11.3 Å². The van der Waals surface area contributed by atoms with Crippen molar-refractivity contribution in [2.45, 2.75) is 52.7 Å². The summed E-state index contributed by atoms with van der Waals surface area (Å²) in [6, 6.07) is 22.5. The molecule has 0 spiro atoms. The molecule has 0 aliphatic carbocycles. The van der Waals surface area contributed by atoms with Crippen LogP contribution in [0.5, 0.6) is 11.5 Å². The lowest BCUT2D eigenvalue weighted by molar-refractivity contribution is -0.138. The number of rotatable bonds is 9. The molecule has 0 saturated carbocycles. The fraction of sp³-hybridized carbons (Fsp3) is 0.286. The van der Waals surface area contributed by atoms with E-state index in [-0.39, 0.29) is 18.3 Å². The number of benzene rings is 3. The molecule has 0 saturated heterocycles. The van der Waals surface area contributed by atoms with Crippen LogP contribution < -0.4 is 24.4 Å². The van der Waals surface area contributed by atoms with E-state index in [0.29, 0.717) is 43.6 Å². The number of thiazole rings is 1. The number of methoxy groups -OCH3 is 1. The standard InChI is InChI=1S/C35H36N2O5S/c1-7-41-34(39)29-30(24-12-9-8-10-13-24)36-35-37(31(29)25-18-16-23(17-19-25)21(2)3)33(38)28(43-35)20-26-14-11-15-27(40-6)32(26)42-22(4)5/h8-22,31H,7H2,1-6H3/b28-20-/t31-/m1/s1. The zero-order valence-corrected chi connectivity index (χ0v) is 26.1. The molecule has 0 radical (unpaired) electrons. The van der Waals surface area contributed by atoms with Crippen LogP contribution in [0, 0.1) is 0 Å². The number of hydrogen-bond donors (Lipinski definition) is 0. The molecule has 0 fully saturated rings. The fourth-order valence-electron chi connectivity index (χ4n) is 5.13. The average Bonchev–Trinajstić information content (AvgIpc) is 3.31. The second-order valence-corrected chi connectivity index (χ2v) is 11.8. The van der Waals surface area contributed by atoms with Crippen LogP contribution in [-0.2, 0) is 9.53 Å². The van der Waals surface area contributed by atoms with Gasteiger partial charge in [-0.1, -0.05) is 91.9 Å². The van der Waals surface area contributed by atoms with E-state index in [2.05, 4.69) is 13.8 Å². The summed E-state index contributed by atoms with van der Waals surface area (Å²) in [5.41, 5.74) is 4.01. The number of fused-ring (bicyclic) bond motifs is 1. The minimum Gasteiger partial charge on any atom is -0.493 e. The van der Waals surface area contributed by atoms with Crippen LogP contribution in [0.15, 0.2) is 88.2 Å². The highest BCUT2D eigenvalue weighted by molar-refractivity contribution is 7.07. The molecular weight excluding hydrogens is 560 g/mol. The van der Waals surface area contributed by atoms with Crippen molar-refractivity contribution < 1.29 is 19.0 Å². The topological polar surface area (TPSA) is 79.1 Å². The smallest absolute Gasteiger partial charge is 0.338 e. The van der Waals surface area contributed by atoms with E-state index in [1.807, 2.05) is 86.6 Å². The molecule has 0 amide bonds. The highest BCUT2D eigenvalue weighted by Gasteiger charge is 2.35. The van der Waals surface area contributed by atoms with Crippen LogP contribution in [-0.4, -0.2) is 30.4 Å². The van der Waals surface area contributed by atoms with Crippen LogP contribution in [0.1, 0.15) is 68.8 Å². The first kappa shape index (κ1) is 30.0. The largest absolute Gasteiger partial charge is 0.493 e. The molecule has 8 heteroatoms. The van der Waals surface area contributed by atoms with Gasteiger partial charge < -0.3 is 14.2 Å². The lowest BCUT2D eigenvalue weighted by atomic mass is 9.91. The van der Waals surface area contributed by atoms with Crippen LogP contribution in [0.2, 0.25) is 0 Å². The number of aromatic nitrogens is 1. The Morgan fingerprint density at radius 1 is 1.00 bits per heavy atom. The monoisotopic (exact) mass is 596 g/mol. The van der Waals surface area contributed by atoms with Crippen LogP contribution in [0.3, 0.4) is 0 Å². The van der Waals surface area contributed by atoms with E-state index in [4.69, 9.17) is 19.2 Å². The molecule has 1 atom stereocenters. The Morgan fingerprint density at radius 2 is 1.72 bits per heavy atom. The number of para-hydroxylation sites is 1. The molecule has 2 heterocycles. The van der Waals surface area contributed by atoms with Gasteiger partial charge in [0.25, 0.3) is 5.56 Å². The number of nitrogens with zero attached hydrogens (tertiary/aromatic N) is 2. The van der Waals surface area contributed by atoms with Gasteiger partial charge in [-0.2, -0.15) is 0 Å². The third-order valence-corrected chi connectivity index (χ3v) is 8.14. The maximum atomic E-state index is 14.3. The summed E-state index contributed by atoms with van der Waals surface area (Å²) in [5.74, 6) is 0.969. The maximum absolute atomic E-state index is 14.3. The molecule has 1 aromatic heterocycles. The fourth-order valence-corrected chi connectivity index (χ4v) is 6.12. The van der Waals surface area contributed by atoms with Crippen molar-refractivity contribution in [3.8, 4) is 11.5 Å². The minimum absolute atomic E-state index is 0.0981. The first-order chi connectivity index (χ1) is 20.7. The summed E-state index contributed by atoms with van der Waals surface area (Å²) in [4.78, 5) is 33.4. The molecule has 7 nitrogen and oxygen atoms in total. The Hall–Kier alpha value is -4.43. The van der Waals surface area contributed by atoms with Gasteiger partial charge in [0.2, 0.25) is 0 Å². The zero-order chi connectivity index (χ0) is 30.7. The predicted octanol–water partition coefficient (Wildman–Crippen LogP) is 5.85. The predicted molar refractivity (Wildman–Crippen MR) is 170 cm³/mol. The Kier molecular flexibility index (Phi) is 8.97. The van der Waals surface area contributed by atoms with Gasteiger partial charge in [0, 0.05) is 11.1 Å². The van der Waals surface area contributed by atoms with Crippen molar-refractivity contribution in [2.75, 3.05) is 13.7 Å². The number of hydrogen-bond acceptors (Lipinski definition) is 7. The first-order valence-electron chi connectivity index (χ1n) is 14.5. The Morgan fingerprint density at radius 3 is 2.35 bits per heavy atom. The normalized spacial score (nSPS) is 15.0. The van der Waals surface area contributed by atoms with Crippen molar-refractivity contribution in [2.24, 2.45) is 4.99 Å². The van der Waals surface area contributed by atoms with E-state index in [1.54, 1.807) is 24.7 Å². The van der Waals surface area contributed by atoms with Gasteiger partial charge in [-0.3, -0.25) is 9.36 Å². The summed E-state index contributed by atoms with van der Waals surface area (Å²) in [7, 11) is 1.59. The molecule has 0 bridgehead atoms. The third kappa shape index (κ3) is 6.06. The quantitative estimate of drug-likeness (QED) is 0.226. The van der Waals surface area contributed by atoms with E-state index in [9.17, 15) is 9.59 Å². The molecule has 222 valence electrons. The van der Waals surface area contributed by atoms with E-state index < -0.39 is 12.0 Å². The van der Waals surface area contributed by atoms with E-state index >= 15 is 0 Å². The third-order valence-electron chi connectivity index (χ3n) is 7.16. The Balaban J connectivity index is 1.81. The van der Waals surface area contributed by atoms with Gasteiger partial charge in [-0.25, -0.2) is 9.79 Å². The minimum atomic E-state index is -0.731. The van der Waals surface area contributed by atoms with Gasteiger partial charge in [0.15, 0.2) is 16.3 Å². The first-order valence-corrected chi connectivity index (χ1v) is 15.3. The summed E-state index contributed by atoms with van der Waals surface area (Å²) in [6.07, 6.45) is 1.71. The second kappa shape index (κ2) is 12.8. The zero-order valence-electron chi connectivity index (χ0n) is 25.3. The van der Waals surface area contributed by atoms with Gasteiger partial charge in [0.1, 0.15) is 0 Å². The number of carbonyl (C=O) groups excluding carboxylic acids is 1. The summed E-state index contributed by atoms with van der Waals surface area (Å²) >= 11 is 1.28. The molecule has 1 aliphatic heterocycles. The maximum Gasteiger partial charge on any atom is 0.338 e. The van der Waals surface area contributed by atoms with Gasteiger partial charge in [-0.05, 0) is 50.0 Å². The molecular formula is C35H36N2O5S. The van der Waals surface area contributed by atoms with Crippen LogP contribution in [0.4, 0.5) is 0 Å². The highest BCUT2D eigenvalue weighted by Crippen LogP contribution is 2.36. The molecule has 43 heavy (non-hydrogen) atoms. The SMILES string of the molecule is CCOC(=O)C1=C(c2ccccc2)N=c2s/c(=C\c3cccc(OC)c3OC(C)C)c(=O)n2[C@@H]1c1ccc(C(C)C)cc1. The van der Waals surface area contributed by atoms with Crippen molar-refractivity contribution >= 4 is 29.1 Å². The Bertz CT molecular complexity index is 1830. The molecule has 3 aromatic carbocycles. The summed E-state index contributed by atoms with van der Waals surface area (Å²) in [5, 5.41) is 0. The average molecular weight is 597 g/mol. The van der Waals surface area contributed by atoms with Gasteiger partial charge >= 0.3 is 5.97 Å². The molecule has 4 aromatic rings. The lowest BCUT2D eigenvalue weighted by Crippen LogP contribution is -2.40. The number of ether oxygens (including phenoxy) is 3. The lowest BCUT2D eigenvalue weighted by Gasteiger charge is -2.26. The molecule has 1 aliphatic rings. The number of carbonyl (C=O) groups is 1. The summed E-state index contributed by atoms with van der Waals surface area (Å²) in [6.45, 7) is 10.1. The van der Waals surface area contributed by atoms with Crippen molar-refractivity contribution in [3.05, 3.63) is 120 Å². The van der Waals surface area contributed by atoms with Crippen molar-refractivity contribution in [3.63, 3.8) is 0 Å². The van der Waals surface area contributed by atoms with Crippen LogP contribution >= 0.6 is 11.3 Å². The molecule has 0 N–H and O–H groups in total. The molecule has 5 rings (SSSR count).